The van der Waals surface area contributed by atoms with E-state index in [-0.39, 0.29) is 9.41 Å². The second kappa shape index (κ2) is 11.3. The zero-order valence-electron chi connectivity index (χ0n) is 12.5. The molecule has 0 saturated carbocycles. The van der Waals surface area contributed by atoms with Gasteiger partial charge in [-0.15, -0.1) is 0 Å². The molecular formula is C12H32F2N2. The minimum atomic E-state index is 0. The average Bonchev–Trinajstić information content (AvgIpc) is 2.07. The predicted octanol–water partition coefficient (Wildman–Crippen LogP) is -3.79. The number of hydrogen-bond acceptors (Lipinski definition) is 0. The van der Waals surface area contributed by atoms with Gasteiger partial charge in [-0.3, -0.25) is 0 Å². The molecule has 16 heavy (non-hydrogen) atoms. The fraction of sp³-hybridized carbons (Fsp3) is 1.00. The second-order valence-electron chi connectivity index (χ2n) is 5.29. The molecule has 0 aliphatic carbocycles. The molecule has 0 spiro atoms. The molecule has 0 saturated heterocycles. The lowest BCUT2D eigenvalue weighted by molar-refractivity contribution is -0.921. The smallest absolute Gasteiger partial charge is 0.0757 e. The fourth-order valence-corrected chi connectivity index (χ4v) is 1.34. The van der Waals surface area contributed by atoms with Crippen LogP contribution in [0, 0.1) is 0 Å². The number of rotatable bonds is 4. The van der Waals surface area contributed by atoms with Crippen LogP contribution in [0.25, 0.3) is 0 Å². The summed E-state index contributed by atoms with van der Waals surface area (Å²) >= 11 is 0. The monoisotopic (exact) mass is 242 g/mol. The van der Waals surface area contributed by atoms with Crippen molar-refractivity contribution in [3.05, 3.63) is 0 Å². The maximum Gasteiger partial charge on any atom is 0.0757 e. The van der Waals surface area contributed by atoms with Crippen LogP contribution < -0.4 is 9.41 Å². The highest BCUT2D eigenvalue weighted by Gasteiger charge is 2.16. The van der Waals surface area contributed by atoms with Crippen LogP contribution in [0.2, 0.25) is 0 Å². The van der Waals surface area contributed by atoms with Crippen LogP contribution >= 0.6 is 0 Å². The summed E-state index contributed by atoms with van der Waals surface area (Å²) in [4.78, 5) is 0. The number of nitrogens with zero attached hydrogens (tertiary/aromatic N) is 2. The van der Waals surface area contributed by atoms with E-state index >= 15 is 0 Å². The number of halogens is 2. The van der Waals surface area contributed by atoms with E-state index in [4.69, 9.17) is 0 Å². The molecule has 0 bridgehead atoms. The largest absolute Gasteiger partial charge is 1.00 e. The van der Waals surface area contributed by atoms with Gasteiger partial charge in [-0.05, 0) is 27.7 Å². The van der Waals surface area contributed by atoms with Crippen molar-refractivity contribution in [3.8, 4) is 0 Å². The van der Waals surface area contributed by atoms with Gasteiger partial charge in [0.1, 0.15) is 0 Å². The first-order chi connectivity index (χ1) is 6.24. The lowest BCUT2D eigenvalue weighted by atomic mass is 10.3. The molecule has 0 aliphatic heterocycles. The van der Waals surface area contributed by atoms with E-state index in [2.05, 4.69) is 55.9 Å². The Kier molecular flexibility index (Phi) is 17.5. The van der Waals surface area contributed by atoms with Crippen LogP contribution in [0.5, 0.6) is 0 Å². The van der Waals surface area contributed by atoms with Gasteiger partial charge < -0.3 is 18.4 Å². The van der Waals surface area contributed by atoms with E-state index in [1.165, 1.54) is 30.7 Å². The van der Waals surface area contributed by atoms with Crippen LogP contribution in [0.15, 0.2) is 0 Å². The summed E-state index contributed by atoms with van der Waals surface area (Å²) in [6, 6.07) is 0. The van der Waals surface area contributed by atoms with Crippen molar-refractivity contribution in [1.82, 2.24) is 0 Å². The van der Waals surface area contributed by atoms with Gasteiger partial charge in [0.25, 0.3) is 0 Å². The Morgan fingerprint density at radius 3 is 0.688 bits per heavy atom. The van der Waals surface area contributed by atoms with Crippen molar-refractivity contribution in [2.75, 3.05) is 54.4 Å². The van der Waals surface area contributed by atoms with Crippen molar-refractivity contribution in [2.45, 2.75) is 27.7 Å². The molecule has 0 aromatic carbocycles. The maximum atomic E-state index is 2.27. The zero-order valence-corrected chi connectivity index (χ0v) is 12.5. The summed E-state index contributed by atoms with van der Waals surface area (Å²) in [5.41, 5.74) is 0. The van der Waals surface area contributed by atoms with Gasteiger partial charge in [0, 0.05) is 0 Å². The van der Waals surface area contributed by atoms with Crippen LogP contribution in [0.3, 0.4) is 0 Å². The summed E-state index contributed by atoms with van der Waals surface area (Å²) in [7, 11) is 8.50. The number of hydrogen-bond donors (Lipinski definition) is 0. The first-order valence-electron chi connectivity index (χ1n) is 5.88. The fourth-order valence-electron chi connectivity index (χ4n) is 1.34. The van der Waals surface area contributed by atoms with Crippen molar-refractivity contribution in [3.63, 3.8) is 0 Å². The molecule has 0 amide bonds. The van der Waals surface area contributed by atoms with E-state index in [0.29, 0.717) is 0 Å². The van der Waals surface area contributed by atoms with Gasteiger partial charge >= 0.3 is 0 Å². The standard InChI is InChI=1S/C8H20N.C4H12N.2FH/c1-5-9(6-2,7-3)8-4;1-5(2,3)4;;/h5-8H2,1-4H3;1-4H3;2*1H/q2*+1;;/p-2. The Bertz CT molecular complexity index is 106. The van der Waals surface area contributed by atoms with Gasteiger partial charge in [-0.1, -0.05) is 0 Å². The Hall–Kier alpha value is -0.220. The second-order valence-corrected chi connectivity index (χ2v) is 5.29. The molecule has 0 rings (SSSR count). The van der Waals surface area contributed by atoms with E-state index in [9.17, 15) is 0 Å². The van der Waals surface area contributed by atoms with Gasteiger partial charge in [0.05, 0.1) is 54.4 Å². The summed E-state index contributed by atoms with van der Waals surface area (Å²) in [6.45, 7) is 14.2. The van der Waals surface area contributed by atoms with Gasteiger partial charge in [0.2, 0.25) is 0 Å². The summed E-state index contributed by atoms with van der Waals surface area (Å²) in [6.07, 6.45) is 0. The molecule has 2 nitrogen and oxygen atoms in total. The SMILES string of the molecule is CC[N+](CC)(CC)CC.C[N+](C)(C)C.[F-].[F-]. The third-order valence-electron chi connectivity index (χ3n) is 2.68. The predicted molar refractivity (Wildman–Crippen MR) is 66.4 cm³/mol. The molecule has 0 unspecified atom stereocenters. The Labute approximate surface area is 101 Å². The molecule has 0 heterocycles. The van der Waals surface area contributed by atoms with Gasteiger partial charge in [-0.25, -0.2) is 0 Å². The van der Waals surface area contributed by atoms with E-state index < -0.39 is 0 Å². The maximum absolute atomic E-state index is 2.27. The van der Waals surface area contributed by atoms with Crippen LogP contribution in [0.4, 0.5) is 0 Å². The van der Waals surface area contributed by atoms with Crippen molar-refractivity contribution < 1.29 is 18.4 Å². The topological polar surface area (TPSA) is 0 Å². The molecule has 0 aromatic rings. The molecule has 0 aromatic heterocycles. The van der Waals surface area contributed by atoms with E-state index in [1.807, 2.05) is 0 Å². The zero-order chi connectivity index (χ0) is 11.8. The molecule has 0 atom stereocenters. The normalized spacial score (nSPS) is 10.5. The van der Waals surface area contributed by atoms with Crippen LogP contribution in [-0.4, -0.2) is 63.3 Å². The minimum Gasteiger partial charge on any atom is -1.00 e. The molecular weight excluding hydrogens is 210 g/mol. The van der Waals surface area contributed by atoms with Gasteiger partial charge in [0.15, 0.2) is 0 Å². The van der Waals surface area contributed by atoms with Crippen molar-refractivity contribution in [1.29, 1.82) is 0 Å². The molecule has 0 aliphatic rings. The summed E-state index contributed by atoms with van der Waals surface area (Å²) < 4.78 is 2.28. The Morgan fingerprint density at radius 1 is 0.562 bits per heavy atom. The van der Waals surface area contributed by atoms with E-state index in [0.717, 1.165) is 4.48 Å². The Balaban J connectivity index is -0.0000000904. The minimum absolute atomic E-state index is 0. The lowest BCUT2D eigenvalue weighted by Crippen LogP contribution is -3.00. The quantitative estimate of drug-likeness (QED) is 0.444. The first-order valence-corrected chi connectivity index (χ1v) is 5.88. The highest BCUT2D eigenvalue weighted by molar-refractivity contribution is 4.31. The van der Waals surface area contributed by atoms with Gasteiger partial charge in [-0.2, -0.15) is 0 Å². The van der Waals surface area contributed by atoms with Crippen LogP contribution in [-0.2, 0) is 0 Å². The average molecular weight is 242 g/mol. The summed E-state index contributed by atoms with van der Waals surface area (Å²) in [5.74, 6) is 0. The van der Waals surface area contributed by atoms with E-state index in [1.54, 1.807) is 0 Å². The first kappa shape index (κ1) is 24.8. The third-order valence-corrected chi connectivity index (χ3v) is 2.68. The molecule has 0 fully saturated rings. The molecule has 104 valence electrons. The lowest BCUT2D eigenvalue weighted by Gasteiger charge is -2.34. The van der Waals surface area contributed by atoms with Crippen molar-refractivity contribution in [2.24, 2.45) is 0 Å². The molecule has 0 radical (unpaired) electrons. The number of quaternary nitrogens is 2. The molecule has 4 heteroatoms. The highest BCUT2D eigenvalue weighted by Crippen LogP contribution is 2.03. The van der Waals surface area contributed by atoms with Crippen LogP contribution in [0.1, 0.15) is 27.7 Å². The Morgan fingerprint density at radius 2 is 0.688 bits per heavy atom. The summed E-state index contributed by atoms with van der Waals surface area (Å²) in [5, 5.41) is 0. The third kappa shape index (κ3) is 16.2. The van der Waals surface area contributed by atoms with Crippen molar-refractivity contribution >= 4 is 0 Å². The highest BCUT2D eigenvalue weighted by atomic mass is 19.0. The molecule has 0 N–H and O–H groups in total.